The van der Waals surface area contributed by atoms with Crippen LogP contribution < -0.4 is 20.1 Å². The fourth-order valence-electron chi connectivity index (χ4n) is 4.44. The number of nitrogens with one attached hydrogen (secondary N) is 2. The molecule has 8 nitrogen and oxygen atoms in total. The van der Waals surface area contributed by atoms with E-state index >= 15 is 0 Å². The lowest BCUT2D eigenvalue weighted by Gasteiger charge is -2.36. The van der Waals surface area contributed by atoms with E-state index in [0.717, 1.165) is 5.56 Å². The summed E-state index contributed by atoms with van der Waals surface area (Å²) in [6.07, 6.45) is 1.65. The molecule has 186 valence electrons. The number of benzene rings is 2. The molecule has 2 aromatic carbocycles. The molecule has 0 unspecified atom stereocenters. The lowest BCUT2D eigenvalue weighted by atomic mass is 9.88. The molecule has 4 rings (SSSR count). The zero-order chi connectivity index (χ0) is 24.8. The van der Waals surface area contributed by atoms with Gasteiger partial charge in [0.15, 0.2) is 11.5 Å². The molecule has 3 amide bonds. The number of likely N-dealkylation sites (tertiary alicyclic amines) is 1. The Hall–Kier alpha value is -3.55. The number of piperidine rings is 1. The van der Waals surface area contributed by atoms with E-state index in [9.17, 15) is 14.4 Å². The van der Waals surface area contributed by atoms with Gasteiger partial charge in [-0.05, 0) is 48.4 Å². The summed E-state index contributed by atoms with van der Waals surface area (Å²) < 4.78 is 10.7. The van der Waals surface area contributed by atoms with Gasteiger partial charge in [-0.15, -0.1) is 0 Å². The fraction of sp³-hybridized carbons (Fsp3) is 0.444. The molecule has 0 saturated carbocycles. The number of nitrogens with zero attached hydrogens (tertiary/aromatic N) is 1. The minimum atomic E-state index is -0.682. The summed E-state index contributed by atoms with van der Waals surface area (Å²) in [5, 5.41) is 5.92. The molecule has 35 heavy (non-hydrogen) atoms. The van der Waals surface area contributed by atoms with Crippen LogP contribution in [0.2, 0.25) is 0 Å². The second-order valence-electron chi connectivity index (χ2n) is 9.54. The molecule has 1 atom stereocenters. The third-order valence-corrected chi connectivity index (χ3v) is 6.45. The van der Waals surface area contributed by atoms with Crippen LogP contribution in [0.5, 0.6) is 11.5 Å². The lowest BCUT2D eigenvalue weighted by molar-refractivity contribution is -0.132. The van der Waals surface area contributed by atoms with Crippen molar-refractivity contribution in [1.29, 1.82) is 0 Å². The van der Waals surface area contributed by atoms with Crippen molar-refractivity contribution in [2.24, 2.45) is 11.8 Å². The Balaban J connectivity index is 1.40. The average Bonchev–Trinajstić information content (AvgIpc) is 3.34. The minimum Gasteiger partial charge on any atom is -0.454 e. The number of carbonyl (C=O) groups excluding carboxylic acids is 3. The molecule has 2 aliphatic rings. The van der Waals surface area contributed by atoms with Crippen molar-refractivity contribution in [1.82, 2.24) is 15.5 Å². The number of carbonyl (C=O) groups is 3. The van der Waals surface area contributed by atoms with Crippen LogP contribution in [0.4, 0.5) is 0 Å². The van der Waals surface area contributed by atoms with Gasteiger partial charge in [0.1, 0.15) is 6.04 Å². The molecule has 2 heterocycles. The highest BCUT2D eigenvalue weighted by atomic mass is 16.7. The quantitative estimate of drug-likeness (QED) is 0.607. The van der Waals surface area contributed by atoms with Crippen molar-refractivity contribution in [2.75, 3.05) is 26.4 Å². The molecule has 2 aliphatic heterocycles. The van der Waals surface area contributed by atoms with Crippen LogP contribution in [0.1, 0.15) is 42.6 Å². The van der Waals surface area contributed by atoms with Crippen molar-refractivity contribution in [3.8, 4) is 11.5 Å². The molecule has 2 N–H and O–H groups in total. The maximum atomic E-state index is 13.1. The van der Waals surface area contributed by atoms with Gasteiger partial charge in [-0.25, -0.2) is 0 Å². The third kappa shape index (κ3) is 6.32. The van der Waals surface area contributed by atoms with E-state index in [1.807, 2.05) is 49.1 Å². The Labute approximate surface area is 206 Å². The van der Waals surface area contributed by atoms with Gasteiger partial charge in [0.05, 0.1) is 6.42 Å². The van der Waals surface area contributed by atoms with E-state index in [-0.39, 0.29) is 30.4 Å². The fourth-order valence-corrected chi connectivity index (χ4v) is 4.44. The molecule has 0 bridgehead atoms. The van der Waals surface area contributed by atoms with E-state index in [4.69, 9.17) is 9.47 Å². The Kier molecular flexibility index (Phi) is 7.90. The van der Waals surface area contributed by atoms with Crippen molar-refractivity contribution >= 4 is 17.7 Å². The molecular weight excluding hydrogens is 446 g/mol. The highest BCUT2D eigenvalue weighted by Crippen LogP contribution is 2.32. The van der Waals surface area contributed by atoms with Crippen LogP contribution in [-0.4, -0.2) is 55.1 Å². The Morgan fingerprint density at radius 3 is 2.43 bits per heavy atom. The predicted octanol–water partition coefficient (Wildman–Crippen LogP) is 2.77. The van der Waals surface area contributed by atoms with Crippen molar-refractivity contribution in [3.05, 3.63) is 59.7 Å². The SMILES string of the molecule is CC(C)CNC(=O)[C@@H](NC(=O)c1ccc2c(c1)OCO2)C1CCN(C(=O)Cc2ccccc2)CC1. The Morgan fingerprint density at radius 1 is 1.00 bits per heavy atom. The number of fused-ring (bicyclic) bond motifs is 1. The van der Waals surface area contributed by atoms with Crippen LogP contribution in [0.3, 0.4) is 0 Å². The molecule has 0 spiro atoms. The van der Waals surface area contributed by atoms with Crippen LogP contribution in [-0.2, 0) is 16.0 Å². The molecule has 1 saturated heterocycles. The lowest BCUT2D eigenvalue weighted by Crippen LogP contribution is -2.54. The van der Waals surface area contributed by atoms with Crippen LogP contribution in [0.15, 0.2) is 48.5 Å². The first-order valence-electron chi connectivity index (χ1n) is 12.2. The largest absolute Gasteiger partial charge is 0.454 e. The third-order valence-electron chi connectivity index (χ3n) is 6.45. The van der Waals surface area contributed by atoms with Gasteiger partial charge in [-0.3, -0.25) is 14.4 Å². The standard InChI is InChI=1S/C27H33N3O5/c1-18(2)16-28-27(33)25(29-26(32)21-8-9-22-23(15-21)35-17-34-22)20-10-12-30(13-11-20)24(31)14-19-6-4-3-5-7-19/h3-9,15,18,20,25H,10-14,16-17H2,1-2H3,(H,28,33)(H,29,32)/t25-/m0/s1. The average molecular weight is 480 g/mol. The van der Waals surface area contributed by atoms with Crippen molar-refractivity contribution in [2.45, 2.75) is 39.2 Å². The summed E-state index contributed by atoms with van der Waals surface area (Å²) in [6.45, 7) is 5.83. The van der Waals surface area contributed by atoms with Crippen LogP contribution in [0.25, 0.3) is 0 Å². The highest BCUT2D eigenvalue weighted by molar-refractivity contribution is 5.98. The molecule has 8 heteroatoms. The zero-order valence-corrected chi connectivity index (χ0v) is 20.3. The summed E-state index contributed by atoms with van der Waals surface area (Å²) in [7, 11) is 0. The Bertz CT molecular complexity index is 1050. The number of ether oxygens (including phenoxy) is 2. The van der Waals surface area contributed by atoms with Gasteiger partial charge >= 0.3 is 0 Å². The molecule has 0 radical (unpaired) electrons. The zero-order valence-electron chi connectivity index (χ0n) is 20.3. The number of hydrogen-bond donors (Lipinski definition) is 2. The van der Waals surface area contributed by atoms with Gasteiger partial charge in [-0.1, -0.05) is 44.2 Å². The maximum absolute atomic E-state index is 13.1. The van der Waals surface area contributed by atoms with Crippen LogP contribution in [0, 0.1) is 11.8 Å². The van der Waals surface area contributed by atoms with E-state index < -0.39 is 6.04 Å². The van der Waals surface area contributed by atoms with Crippen molar-refractivity contribution in [3.63, 3.8) is 0 Å². The smallest absolute Gasteiger partial charge is 0.252 e. The summed E-state index contributed by atoms with van der Waals surface area (Å²) in [5.41, 5.74) is 1.40. The van der Waals surface area contributed by atoms with Gasteiger partial charge in [0.2, 0.25) is 18.6 Å². The first-order valence-corrected chi connectivity index (χ1v) is 12.2. The molecule has 0 aliphatic carbocycles. The predicted molar refractivity (Wildman–Crippen MR) is 131 cm³/mol. The molecule has 2 aromatic rings. The maximum Gasteiger partial charge on any atom is 0.252 e. The number of amides is 3. The van der Waals surface area contributed by atoms with Crippen molar-refractivity contribution < 1.29 is 23.9 Å². The first-order chi connectivity index (χ1) is 16.9. The number of rotatable bonds is 8. The van der Waals surface area contributed by atoms with E-state index in [0.29, 0.717) is 61.9 Å². The van der Waals surface area contributed by atoms with E-state index in [2.05, 4.69) is 10.6 Å². The molecule has 1 fully saturated rings. The number of hydrogen-bond acceptors (Lipinski definition) is 5. The molecule has 0 aromatic heterocycles. The van der Waals surface area contributed by atoms with Gasteiger partial charge in [0, 0.05) is 25.2 Å². The highest BCUT2D eigenvalue weighted by Gasteiger charge is 2.34. The monoisotopic (exact) mass is 479 g/mol. The second kappa shape index (κ2) is 11.3. The van der Waals surface area contributed by atoms with Gasteiger partial charge in [0.25, 0.3) is 5.91 Å². The van der Waals surface area contributed by atoms with Gasteiger partial charge < -0.3 is 25.0 Å². The Morgan fingerprint density at radius 2 is 1.71 bits per heavy atom. The summed E-state index contributed by atoms with van der Waals surface area (Å²) >= 11 is 0. The first kappa shape index (κ1) is 24.6. The normalized spacial score (nSPS) is 16.1. The second-order valence-corrected chi connectivity index (χ2v) is 9.54. The van der Waals surface area contributed by atoms with Gasteiger partial charge in [-0.2, -0.15) is 0 Å². The summed E-state index contributed by atoms with van der Waals surface area (Å²) in [5.74, 6) is 0.892. The summed E-state index contributed by atoms with van der Waals surface area (Å²) in [6, 6.07) is 14.0. The topological polar surface area (TPSA) is 97.0 Å². The molecular formula is C27H33N3O5. The minimum absolute atomic E-state index is 0.0686. The van der Waals surface area contributed by atoms with E-state index in [1.54, 1.807) is 18.2 Å². The summed E-state index contributed by atoms with van der Waals surface area (Å²) in [4.78, 5) is 40.8. The van der Waals surface area contributed by atoms with Crippen LogP contribution >= 0.6 is 0 Å². The van der Waals surface area contributed by atoms with E-state index in [1.165, 1.54) is 0 Å².